The van der Waals surface area contributed by atoms with E-state index in [1.807, 2.05) is 30.3 Å². The van der Waals surface area contributed by atoms with Crippen LogP contribution in [0.1, 0.15) is 0 Å². The second kappa shape index (κ2) is 6.99. The number of aromatic nitrogens is 2. The van der Waals surface area contributed by atoms with Crippen LogP contribution in [0.2, 0.25) is 0 Å². The number of methoxy groups -OCH3 is 3. The molecule has 0 atom stereocenters. The van der Waals surface area contributed by atoms with Gasteiger partial charge in [-0.1, -0.05) is 0 Å². The smallest absolute Gasteiger partial charge is 0.204 e. The van der Waals surface area contributed by atoms with Crippen LogP contribution in [0, 0.1) is 0 Å². The van der Waals surface area contributed by atoms with Crippen molar-refractivity contribution in [2.24, 2.45) is 0 Å². The molecule has 0 aliphatic heterocycles. The van der Waals surface area contributed by atoms with Gasteiger partial charge in [0.2, 0.25) is 5.75 Å². The van der Waals surface area contributed by atoms with E-state index in [-0.39, 0.29) is 0 Å². The van der Waals surface area contributed by atoms with E-state index in [1.54, 1.807) is 46.1 Å². The Morgan fingerprint density at radius 3 is 2.04 bits per heavy atom. The summed E-state index contributed by atoms with van der Waals surface area (Å²) in [5.41, 5.74) is 0. The zero-order valence-electron chi connectivity index (χ0n) is 15.2. The number of ether oxygens (including phenoxy) is 4. The van der Waals surface area contributed by atoms with E-state index in [4.69, 9.17) is 18.9 Å². The Balaban J connectivity index is 1.94. The lowest BCUT2D eigenvalue weighted by Crippen LogP contribution is -1.97. The van der Waals surface area contributed by atoms with E-state index in [0.717, 1.165) is 21.5 Å². The van der Waals surface area contributed by atoms with Crippen LogP contribution < -0.4 is 18.9 Å². The Hall–Kier alpha value is -3.54. The topological polar surface area (TPSA) is 62.7 Å². The maximum absolute atomic E-state index is 6.29. The van der Waals surface area contributed by atoms with Crippen molar-refractivity contribution >= 4 is 21.5 Å². The molecular weight excluding hydrogens is 344 g/mol. The van der Waals surface area contributed by atoms with E-state index in [0.29, 0.717) is 28.7 Å². The molecule has 0 saturated carbocycles. The van der Waals surface area contributed by atoms with Crippen molar-refractivity contribution in [3.05, 3.63) is 55.1 Å². The summed E-state index contributed by atoms with van der Waals surface area (Å²) in [6.45, 7) is 0. The van der Waals surface area contributed by atoms with Crippen LogP contribution in [-0.4, -0.2) is 31.3 Å². The molecule has 27 heavy (non-hydrogen) atoms. The minimum Gasteiger partial charge on any atom is -0.493 e. The number of hydrogen-bond acceptors (Lipinski definition) is 6. The zero-order valence-corrected chi connectivity index (χ0v) is 15.2. The van der Waals surface area contributed by atoms with Gasteiger partial charge >= 0.3 is 0 Å². The molecule has 0 spiro atoms. The van der Waals surface area contributed by atoms with Gasteiger partial charge < -0.3 is 18.9 Å². The van der Waals surface area contributed by atoms with Crippen LogP contribution in [-0.2, 0) is 0 Å². The zero-order chi connectivity index (χ0) is 18.8. The van der Waals surface area contributed by atoms with E-state index in [9.17, 15) is 0 Å². The fourth-order valence-electron chi connectivity index (χ4n) is 3.05. The predicted molar refractivity (Wildman–Crippen MR) is 103 cm³/mol. The van der Waals surface area contributed by atoms with Crippen molar-refractivity contribution in [1.82, 2.24) is 9.97 Å². The Morgan fingerprint density at radius 2 is 1.30 bits per heavy atom. The third-order valence-corrected chi connectivity index (χ3v) is 4.38. The summed E-state index contributed by atoms with van der Waals surface area (Å²) >= 11 is 0. The molecule has 4 aromatic rings. The van der Waals surface area contributed by atoms with Crippen LogP contribution in [0.5, 0.6) is 28.7 Å². The first-order valence-electron chi connectivity index (χ1n) is 8.33. The third kappa shape index (κ3) is 2.95. The van der Waals surface area contributed by atoms with Gasteiger partial charge in [0.1, 0.15) is 0 Å². The van der Waals surface area contributed by atoms with Gasteiger partial charge in [-0.3, -0.25) is 9.97 Å². The standard InChI is InChI=1S/C21H18N2O4/c1-24-17-8-13-4-6-22-11-15(13)10-18(17)27-20-16-12-23-7-5-14(16)9-19(25-2)21(20)26-3/h4-12H,1-3H3. The maximum atomic E-state index is 6.29. The molecule has 0 amide bonds. The minimum absolute atomic E-state index is 0.492. The van der Waals surface area contributed by atoms with Gasteiger partial charge in [0.05, 0.1) is 21.3 Å². The highest BCUT2D eigenvalue weighted by molar-refractivity contribution is 5.93. The number of nitrogens with zero attached hydrogens (tertiary/aromatic N) is 2. The first-order valence-corrected chi connectivity index (χ1v) is 8.33. The van der Waals surface area contributed by atoms with Crippen molar-refractivity contribution in [2.45, 2.75) is 0 Å². The van der Waals surface area contributed by atoms with Crippen LogP contribution in [0.25, 0.3) is 21.5 Å². The van der Waals surface area contributed by atoms with Gasteiger partial charge in [-0.05, 0) is 41.1 Å². The second-order valence-corrected chi connectivity index (χ2v) is 5.87. The molecule has 0 aliphatic rings. The SMILES string of the molecule is COc1cc2ccncc2cc1Oc1c(OC)c(OC)cc2ccncc12. The number of rotatable bonds is 5. The molecule has 0 fully saturated rings. The summed E-state index contributed by atoms with van der Waals surface area (Å²) < 4.78 is 22.9. The monoisotopic (exact) mass is 362 g/mol. The molecule has 0 bridgehead atoms. The van der Waals surface area contributed by atoms with Gasteiger partial charge in [0.25, 0.3) is 0 Å². The van der Waals surface area contributed by atoms with E-state index in [2.05, 4.69) is 9.97 Å². The summed E-state index contributed by atoms with van der Waals surface area (Å²) in [4.78, 5) is 8.40. The average Bonchev–Trinajstić information content (AvgIpc) is 2.72. The molecular formula is C21H18N2O4. The normalized spacial score (nSPS) is 10.8. The Labute approximate surface area is 156 Å². The molecule has 6 heteroatoms. The van der Waals surface area contributed by atoms with E-state index < -0.39 is 0 Å². The molecule has 0 aliphatic carbocycles. The van der Waals surface area contributed by atoms with Gasteiger partial charge in [-0.25, -0.2) is 0 Å². The van der Waals surface area contributed by atoms with Crippen LogP contribution in [0.15, 0.2) is 55.1 Å². The molecule has 2 aromatic carbocycles. The first kappa shape index (κ1) is 16.9. The van der Waals surface area contributed by atoms with E-state index in [1.165, 1.54) is 0 Å². The molecule has 6 nitrogen and oxygen atoms in total. The summed E-state index contributed by atoms with van der Waals surface area (Å²) in [7, 11) is 4.78. The number of fused-ring (bicyclic) bond motifs is 2. The van der Waals surface area contributed by atoms with E-state index >= 15 is 0 Å². The largest absolute Gasteiger partial charge is 0.493 e. The Kier molecular flexibility index (Phi) is 4.38. The van der Waals surface area contributed by atoms with Crippen LogP contribution >= 0.6 is 0 Å². The lowest BCUT2D eigenvalue weighted by Gasteiger charge is -2.18. The first-order chi connectivity index (χ1) is 13.2. The fraction of sp³-hybridized carbons (Fsp3) is 0.143. The van der Waals surface area contributed by atoms with Gasteiger partial charge in [0.15, 0.2) is 23.0 Å². The van der Waals surface area contributed by atoms with Crippen molar-refractivity contribution in [3.63, 3.8) is 0 Å². The number of hydrogen-bond donors (Lipinski definition) is 0. The minimum atomic E-state index is 0.492. The third-order valence-electron chi connectivity index (χ3n) is 4.38. The molecule has 0 radical (unpaired) electrons. The Morgan fingerprint density at radius 1 is 0.630 bits per heavy atom. The molecule has 2 heterocycles. The predicted octanol–water partition coefficient (Wildman–Crippen LogP) is 4.60. The second-order valence-electron chi connectivity index (χ2n) is 5.87. The molecule has 4 rings (SSSR count). The van der Waals surface area contributed by atoms with Gasteiger partial charge in [0, 0.05) is 35.6 Å². The maximum Gasteiger partial charge on any atom is 0.204 e. The number of pyridine rings is 2. The quantitative estimate of drug-likeness (QED) is 0.517. The van der Waals surface area contributed by atoms with Crippen LogP contribution in [0.4, 0.5) is 0 Å². The van der Waals surface area contributed by atoms with Gasteiger partial charge in [-0.15, -0.1) is 0 Å². The summed E-state index contributed by atoms with van der Waals surface area (Å²) in [6.07, 6.45) is 6.98. The van der Waals surface area contributed by atoms with Crippen LogP contribution in [0.3, 0.4) is 0 Å². The molecule has 136 valence electrons. The van der Waals surface area contributed by atoms with Crippen molar-refractivity contribution < 1.29 is 18.9 Å². The van der Waals surface area contributed by atoms with Crippen molar-refractivity contribution in [3.8, 4) is 28.7 Å². The Bertz CT molecular complexity index is 1130. The highest BCUT2D eigenvalue weighted by Crippen LogP contribution is 2.47. The van der Waals surface area contributed by atoms with Gasteiger partial charge in [-0.2, -0.15) is 0 Å². The summed E-state index contributed by atoms with van der Waals surface area (Å²) in [6, 6.07) is 9.52. The molecule has 0 N–H and O–H groups in total. The summed E-state index contributed by atoms with van der Waals surface area (Å²) in [5, 5.41) is 3.69. The molecule has 0 unspecified atom stereocenters. The lowest BCUT2D eigenvalue weighted by molar-refractivity contribution is 0.332. The highest BCUT2D eigenvalue weighted by Gasteiger charge is 2.19. The van der Waals surface area contributed by atoms with Crippen molar-refractivity contribution in [1.29, 1.82) is 0 Å². The average molecular weight is 362 g/mol. The fourth-order valence-corrected chi connectivity index (χ4v) is 3.05. The molecule has 0 saturated heterocycles. The highest BCUT2D eigenvalue weighted by atomic mass is 16.5. The molecule has 2 aromatic heterocycles. The van der Waals surface area contributed by atoms with Crippen molar-refractivity contribution in [2.75, 3.05) is 21.3 Å². The number of benzene rings is 2. The summed E-state index contributed by atoms with van der Waals surface area (Å²) in [5.74, 6) is 2.74. The lowest BCUT2D eigenvalue weighted by atomic mass is 10.1.